The maximum atomic E-state index is 13.3. The Balaban J connectivity index is 1.94. The highest BCUT2D eigenvalue weighted by Gasteiger charge is 2.47. The van der Waals surface area contributed by atoms with Crippen molar-refractivity contribution in [1.29, 1.82) is 0 Å². The molecule has 1 fully saturated rings. The fraction of sp³-hybridized carbons (Fsp3) is 0.185. The van der Waals surface area contributed by atoms with Crippen LogP contribution in [0.15, 0.2) is 78.4 Å². The first-order valence-corrected chi connectivity index (χ1v) is 10.7. The van der Waals surface area contributed by atoms with Crippen LogP contribution in [0.25, 0.3) is 5.76 Å². The highest BCUT2D eigenvalue weighted by molar-refractivity contribution is 6.51. The molecule has 6 nitrogen and oxygen atoms in total. The Morgan fingerprint density at radius 1 is 0.970 bits per heavy atom. The molecule has 6 heteroatoms. The van der Waals surface area contributed by atoms with E-state index in [0.717, 1.165) is 5.56 Å². The number of carbonyl (C=O) groups is 2. The number of aryl methyl sites for hydroxylation is 1. The Labute approximate surface area is 192 Å². The molecule has 1 N–H and O–H groups in total. The van der Waals surface area contributed by atoms with E-state index in [0.29, 0.717) is 34.9 Å². The van der Waals surface area contributed by atoms with E-state index in [1.165, 1.54) is 4.90 Å². The molecule has 0 aliphatic carbocycles. The number of hydrogen-bond acceptors (Lipinski definition) is 5. The van der Waals surface area contributed by atoms with Crippen molar-refractivity contribution in [3.63, 3.8) is 0 Å². The van der Waals surface area contributed by atoms with Gasteiger partial charge in [0.25, 0.3) is 11.7 Å². The quantitative estimate of drug-likeness (QED) is 0.329. The molecule has 168 valence electrons. The monoisotopic (exact) mass is 443 g/mol. The fourth-order valence-corrected chi connectivity index (χ4v) is 4.06. The smallest absolute Gasteiger partial charge is 0.300 e. The second kappa shape index (κ2) is 9.20. The summed E-state index contributed by atoms with van der Waals surface area (Å²) in [4.78, 5) is 27.9. The van der Waals surface area contributed by atoms with E-state index in [4.69, 9.17) is 9.47 Å². The SMILES string of the molecule is CCOc1cccc(/C(O)=C2\C(=O)C(=O)N(c3cccc(C)c3)C2c2cccc(OC)c2)c1. The van der Waals surface area contributed by atoms with E-state index in [1.54, 1.807) is 55.6 Å². The molecule has 1 aliphatic heterocycles. The minimum Gasteiger partial charge on any atom is -0.507 e. The Bertz CT molecular complexity index is 1250. The Morgan fingerprint density at radius 2 is 1.70 bits per heavy atom. The molecule has 1 heterocycles. The molecular weight excluding hydrogens is 418 g/mol. The zero-order valence-corrected chi connectivity index (χ0v) is 18.7. The Hall–Kier alpha value is -4.06. The number of ether oxygens (including phenoxy) is 2. The topological polar surface area (TPSA) is 76.1 Å². The number of Topliss-reactive ketones (excluding diaryl/α,β-unsaturated/α-hetero) is 1. The first-order valence-electron chi connectivity index (χ1n) is 10.7. The van der Waals surface area contributed by atoms with E-state index in [-0.39, 0.29) is 11.3 Å². The normalized spacial score (nSPS) is 17.3. The predicted octanol–water partition coefficient (Wildman–Crippen LogP) is 5.03. The van der Waals surface area contributed by atoms with Gasteiger partial charge in [0.1, 0.15) is 17.3 Å². The van der Waals surface area contributed by atoms with E-state index in [2.05, 4.69) is 0 Å². The van der Waals surface area contributed by atoms with Gasteiger partial charge in [-0.25, -0.2) is 0 Å². The molecule has 3 aromatic rings. The third-order valence-corrected chi connectivity index (χ3v) is 5.55. The molecule has 3 aromatic carbocycles. The van der Waals surface area contributed by atoms with Crippen molar-refractivity contribution in [1.82, 2.24) is 0 Å². The summed E-state index contributed by atoms with van der Waals surface area (Å²) in [5.41, 5.74) is 2.59. The number of hydrogen-bond donors (Lipinski definition) is 1. The standard InChI is InChI=1S/C27H25NO5/c1-4-33-22-13-7-10-19(16-22)25(29)23-24(18-9-6-12-21(15-18)32-3)28(27(31)26(23)30)20-11-5-8-17(2)14-20/h5-16,24,29H,4H2,1-3H3/b25-23+. The first kappa shape index (κ1) is 22.1. The predicted molar refractivity (Wildman–Crippen MR) is 127 cm³/mol. The number of amides is 1. The number of benzene rings is 3. The molecule has 1 atom stereocenters. The van der Waals surface area contributed by atoms with Crippen LogP contribution in [-0.2, 0) is 9.59 Å². The molecule has 0 spiro atoms. The van der Waals surface area contributed by atoms with Crippen LogP contribution >= 0.6 is 0 Å². The third-order valence-electron chi connectivity index (χ3n) is 5.55. The average molecular weight is 443 g/mol. The summed E-state index contributed by atoms with van der Waals surface area (Å²) in [6.07, 6.45) is 0. The largest absolute Gasteiger partial charge is 0.507 e. The lowest BCUT2D eigenvalue weighted by Gasteiger charge is -2.26. The van der Waals surface area contributed by atoms with Crippen LogP contribution in [0, 0.1) is 6.92 Å². The van der Waals surface area contributed by atoms with Gasteiger partial charge in [-0.2, -0.15) is 0 Å². The summed E-state index contributed by atoms with van der Waals surface area (Å²) < 4.78 is 10.9. The van der Waals surface area contributed by atoms with Gasteiger partial charge in [-0.1, -0.05) is 36.4 Å². The lowest BCUT2D eigenvalue weighted by molar-refractivity contribution is -0.132. The van der Waals surface area contributed by atoms with E-state index < -0.39 is 17.7 Å². The molecule has 0 aromatic heterocycles. The van der Waals surface area contributed by atoms with Gasteiger partial charge in [0, 0.05) is 11.3 Å². The summed E-state index contributed by atoms with van der Waals surface area (Å²) in [6.45, 7) is 4.24. The van der Waals surface area contributed by atoms with Gasteiger partial charge in [0.05, 0.1) is 25.3 Å². The second-order valence-electron chi connectivity index (χ2n) is 7.75. The number of aliphatic hydroxyl groups is 1. The van der Waals surface area contributed by atoms with Crippen molar-refractivity contribution in [3.8, 4) is 11.5 Å². The van der Waals surface area contributed by atoms with Crippen LogP contribution in [0.4, 0.5) is 5.69 Å². The lowest BCUT2D eigenvalue weighted by Crippen LogP contribution is -2.29. The second-order valence-corrected chi connectivity index (χ2v) is 7.75. The third kappa shape index (κ3) is 4.20. The summed E-state index contributed by atoms with van der Waals surface area (Å²) in [5.74, 6) is -0.550. The number of methoxy groups -OCH3 is 1. The molecule has 33 heavy (non-hydrogen) atoms. The fourth-order valence-electron chi connectivity index (χ4n) is 4.06. The Morgan fingerprint density at radius 3 is 2.42 bits per heavy atom. The van der Waals surface area contributed by atoms with E-state index in [1.807, 2.05) is 38.1 Å². The van der Waals surface area contributed by atoms with E-state index >= 15 is 0 Å². The first-order chi connectivity index (χ1) is 15.9. The number of carbonyl (C=O) groups excluding carboxylic acids is 2. The van der Waals surface area contributed by atoms with Gasteiger partial charge < -0.3 is 14.6 Å². The molecule has 1 amide bonds. The van der Waals surface area contributed by atoms with Gasteiger partial charge in [-0.15, -0.1) is 0 Å². The molecule has 1 saturated heterocycles. The molecule has 0 radical (unpaired) electrons. The number of ketones is 1. The minimum absolute atomic E-state index is 0.0170. The van der Waals surface area contributed by atoms with Crippen LogP contribution in [0.5, 0.6) is 11.5 Å². The molecule has 0 bridgehead atoms. The number of nitrogens with zero attached hydrogens (tertiary/aromatic N) is 1. The number of anilines is 1. The molecular formula is C27H25NO5. The van der Waals surface area contributed by atoms with Crippen molar-refractivity contribution < 1.29 is 24.2 Å². The minimum atomic E-state index is -0.822. The highest BCUT2D eigenvalue weighted by atomic mass is 16.5. The summed E-state index contributed by atoms with van der Waals surface area (Å²) >= 11 is 0. The van der Waals surface area contributed by atoms with Crippen molar-refractivity contribution in [3.05, 3.63) is 95.1 Å². The summed E-state index contributed by atoms with van der Waals surface area (Å²) in [6, 6.07) is 20.5. The zero-order chi connectivity index (χ0) is 23.5. The Kier molecular flexibility index (Phi) is 6.18. The lowest BCUT2D eigenvalue weighted by atomic mass is 9.95. The van der Waals surface area contributed by atoms with Gasteiger partial charge in [0.2, 0.25) is 0 Å². The van der Waals surface area contributed by atoms with Gasteiger partial charge in [-0.3, -0.25) is 14.5 Å². The molecule has 1 unspecified atom stereocenters. The number of aliphatic hydroxyl groups excluding tert-OH is 1. The molecule has 0 saturated carbocycles. The van der Waals surface area contributed by atoms with Crippen LogP contribution in [0.3, 0.4) is 0 Å². The van der Waals surface area contributed by atoms with Crippen molar-refractivity contribution in [2.24, 2.45) is 0 Å². The van der Waals surface area contributed by atoms with Crippen LogP contribution in [-0.4, -0.2) is 30.5 Å². The molecule has 1 aliphatic rings. The number of rotatable bonds is 6. The van der Waals surface area contributed by atoms with Crippen molar-refractivity contribution in [2.75, 3.05) is 18.6 Å². The van der Waals surface area contributed by atoms with Crippen LogP contribution in [0.2, 0.25) is 0 Å². The van der Waals surface area contributed by atoms with Gasteiger partial charge in [-0.05, 0) is 61.4 Å². The molecule has 4 rings (SSSR count). The van der Waals surface area contributed by atoms with E-state index in [9.17, 15) is 14.7 Å². The maximum absolute atomic E-state index is 13.3. The maximum Gasteiger partial charge on any atom is 0.300 e. The van der Waals surface area contributed by atoms with Crippen molar-refractivity contribution >= 4 is 23.1 Å². The highest BCUT2D eigenvalue weighted by Crippen LogP contribution is 2.43. The summed E-state index contributed by atoms with van der Waals surface area (Å²) in [5, 5.41) is 11.3. The average Bonchev–Trinajstić information content (AvgIpc) is 3.09. The zero-order valence-electron chi connectivity index (χ0n) is 18.7. The van der Waals surface area contributed by atoms with Crippen LogP contribution in [0.1, 0.15) is 29.7 Å². The van der Waals surface area contributed by atoms with Crippen molar-refractivity contribution in [2.45, 2.75) is 19.9 Å². The van der Waals surface area contributed by atoms with Gasteiger partial charge in [0.15, 0.2) is 0 Å². The van der Waals surface area contributed by atoms with Crippen LogP contribution < -0.4 is 14.4 Å². The summed E-state index contributed by atoms with van der Waals surface area (Å²) in [7, 11) is 1.55. The van der Waals surface area contributed by atoms with Gasteiger partial charge >= 0.3 is 0 Å².